The summed E-state index contributed by atoms with van der Waals surface area (Å²) in [5.41, 5.74) is 2.95. The molecule has 0 aromatic heterocycles. The third-order valence-corrected chi connectivity index (χ3v) is 8.83. The van der Waals surface area contributed by atoms with Crippen molar-refractivity contribution in [3.8, 4) is 16.9 Å². The van der Waals surface area contributed by atoms with Gasteiger partial charge < -0.3 is 14.7 Å². The number of likely N-dealkylation sites (N-methyl/N-ethyl adjacent to an activating group) is 1. The smallest absolute Gasteiger partial charge is 0.247 e. The number of aryl methyl sites for hydroxylation is 1. The molecule has 2 aromatic carbocycles. The number of aliphatic hydroxyl groups excluding tert-OH is 1. The van der Waals surface area contributed by atoms with Gasteiger partial charge >= 0.3 is 0 Å². The van der Waals surface area contributed by atoms with Gasteiger partial charge in [0, 0.05) is 31.5 Å². The number of fused-ring (bicyclic) bond motifs is 1. The minimum Gasteiger partial charge on any atom is -0.487 e. The summed E-state index contributed by atoms with van der Waals surface area (Å²) in [6.07, 6.45) is 1.45. The number of nitrogens with zero attached hydrogens (tertiary/aromatic N) is 2. The molecule has 0 bridgehead atoms. The van der Waals surface area contributed by atoms with Crippen molar-refractivity contribution in [2.24, 2.45) is 11.8 Å². The predicted octanol–water partition coefficient (Wildman–Crippen LogP) is 3.30. The standard InChI is InChI=1S/C26H34N2O5S/c1-17-5-7-20(8-6-17)22-11-12-25-23(13-22)33-24(15-27(4)26(30)21-9-10-21)18(2)14-28(19(3)16-29)34(25,31)32/h5-8,11-13,18-19,21,24,29H,9-10,14-16H2,1-4H3/t18-,19-,24+/m0/s1. The molecule has 0 unspecified atom stereocenters. The number of benzene rings is 2. The van der Waals surface area contributed by atoms with E-state index in [1.807, 2.05) is 38.1 Å². The highest BCUT2D eigenvalue weighted by molar-refractivity contribution is 7.89. The van der Waals surface area contributed by atoms with E-state index < -0.39 is 22.2 Å². The molecule has 8 heteroatoms. The number of amides is 1. The summed E-state index contributed by atoms with van der Waals surface area (Å²) >= 11 is 0. The molecule has 1 aliphatic carbocycles. The summed E-state index contributed by atoms with van der Waals surface area (Å²) in [5.74, 6) is 0.284. The van der Waals surface area contributed by atoms with Crippen molar-refractivity contribution in [2.75, 3.05) is 26.7 Å². The van der Waals surface area contributed by atoms with Gasteiger partial charge in [-0.1, -0.05) is 42.8 Å². The molecule has 4 rings (SSSR count). The van der Waals surface area contributed by atoms with Gasteiger partial charge in [0.2, 0.25) is 15.9 Å². The molecule has 34 heavy (non-hydrogen) atoms. The van der Waals surface area contributed by atoms with Crippen LogP contribution in [0.1, 0.15) is 32.3 Å². The second kappa shape index (κ2) is 9.68. The summed E-state index contributed by atoms with van der Waals surface area (Å²) < 4.78 is 35.0. The van der Waals surface area contributed by atoms with Crippen molar-refractivity contribution in [1.29, 1.82) is 0 Å². The molecule has 1 saturated carbocycles. The first-order valence-electron chi connectivity index (χ1n) is 11.9. The number of hydrogen-bond donors (Lipinski definition) is 1. The van der Waals surface area contributed by atoms with Crippen molar-refractivity contribution in [2.45, 2.75) is 50.7 Å². The van der Waals surface area contributed by atoms with E-state index >= 15 is 0 Å². The molecule has 0 radical (unpaired) electrons. The van der Waals surface area contributed by atoms with Gasteiger partial charge in [-0.05, 0) is 49.9 Å². The van der Waals surface area contributed by atoms with E-state index in [4.69, 9.17) is 4.74 Å². The molecule has 2 aliphatic rings. The number of sulfonamides is 1. The minimum absolute atomic E-state index is 0.0803. The van der Waals surface area contributed by atoms with Gasteiger partial charge in [-0.3, -0.25) is 4.79 Å². The number of aliphatic hydroxyl groups is 1. The zero-order valence-electron chi connectivity index (χ0n) is 20.3. The fourth-order valence-corrected chi connectivity index (χ4v) is 6.20. The first-order chi connectivity index (χ1) is 16.1. The summed E-state index contributed by atoms with van der Waals surface area (Å²) in [6.45, 7) is 5.93. The maximum Gasteiger partial charge on any atom is 0.247 e. The fraction of sp³-hybridized carbons (Fsp3) is 0.500. The SMILES string of the molecule is Cc1ccc(-c2ccc3c(c2)O[C@H](CN(C)C(=O)C2CC2)[C@@H](C)CN([C@@H](C)CO)S3(=O)=O)cc1. The third-order valence-electron chi connectivity index (χ3n) is 6.81. The van der Waals surface area contributed by atoms with Gasteiger partial charge in [-0.15, -0.1) is 0 Å². The van der Waals surface area contributed by atoms with Crippen LogP contribution in [0.15, 0.2) is 47.4 Å². The van der Waals surface area contributed by atoms with Crippen LogP contribution in [0.4, 0.5) is 0 Å². The van der Waals surface area contributed by atoms with Gasteiger partial charge in [0.05, 0.1) is 13.2 Å². The second-order valence-electron chi connectivity index (χ2n) is 9.76. The van der Waals surface area contributed by atoms with Crippen molar-refractivity contribution in [3.05, 3.63) is 48.0 Å². The van der Waals surface area contributed by atoms with E-state index in [9.17, 15) is 18.3 Å². The maximum atomic E-state index is 13.6. The molecule has 1 amide bonds. The minimum atomic E-state index is -3.90. The highest BCUT2D eigenvalue weighted by atomic mass is 32.2. The molecule has 2 aromatic rings. The zero-order valence-corrected chi connectivity index (χ0v) is 21.1. The van der Waals surface area contributed by atoms with Crippen LogP contribution in [0.25, 0.3) is 11.1 Å². The summed E-state index contributed by atoms with van der Waals surface area (Å²) in [6, 6.07) is 12.6. The van der Waals surface area contributed by atoms with Crippen LogP contribution >= 0.6 is 0 Å². The second-order valence-corrected chi connectivity index (χ2v) is 11.6. The van der Waals surface area contributed by atoms with E-state index in [1.165, 1.54) is 4.31 Å². The molecule has 3 atom stereocenters. The van der Waals surface area contributed by atoms with Gasteiger partial charge in [0.25, 0.3) is 0 Å². The van der Waals surface area contributed by atoms with E-state index in [0.717, 1.165) is 29.5 Å². The lowest BCUT2D eigenvalue weighted by molar-refractivity contribution is -0.132. The van der Waals surface area contributed by atoms with Gasteiger partial charge in [0.15, 0.2) is 0 Å². The lowest BCUT2D eigenvalue weighted by Crippen LogP contribution is -2.50. The highest BCUT2D eigenvalue weighted by Crippen LogP contribution is 2.37. The molecular formula is C26H34N2O5S. The first-order valence-corrected chi connectivity index (χ1v) is 13.3. The van der Waals surface area contributed by atoms with E-state index in [-0.39, 0.29) is 41.5 Å². The predicted molar refractivity (Wildman–Crippen MR) is 131 cm³/mol. The van der Waals surface area contributed by atoms with Crippen LogP contribution in [0.3, 0.4) is 0 Å². The Hall–Kier alpha value is -2.42. The largest absolute Gasteiger partial charge is 0.487 e. The van der Waals surface area contributed by atoms with Crippen molar-refractivity contribution < 1.29 is 23.1 Å². The van der Waals surface area contributed by atoms with Crippen LogP contribution in [0, 0.1) is 18.8 Å². The van der Waals surface area contributed by atoms with Crippen LogP contribution < -0.4 is 4.74 Å². The lowest BCUT2D eigenvalue weighted by Gasteiger charge is -2.37. The third kappa shape index (κ3) is 4.99. The summed E-state index contributed by atoms with van der Waals surface area (Å²) in [4.78, 5) is 14.4. The molecule has 184 valence electrons. The number of carbonyl (C=O) groups excluding carboxylic acids is 1. The van der Waals surface area contributed by atoms with Gasteiger partial charge in [-0.2, -0.15) is 4.31 Å². The Morgan fingerprint density at radius 2 is 1.82 bits per heavy atom. The monoisotopic (exact) mass is 486 g/mol. The van der Waals surface area contributed by atoms with E-state index in [1.54, 1.807) is 37.1 Å². The average Bonchev–Trinajstić information content (AvgIpc) is 3.66. The van der Waals surface area contributed by atoms with E-state index in [2.05, 4.69) is 0 Å². The van der Waals surface area contributed by atoms with Crippen molar-refractivity contribution in [3.63, 3.8) is 0 Å². The molecule has 7 nitrogen and oxygen atoms in total. The number of rotatable bonds is 6. The quantitative estimate of drug-likeness (QED) is 0.677. The Bertz CT molecular complexity index is 1140. The molecule has 0 saturated heterocycles. The Morgan fingerprint density at radius 3 is 2.44 bits per heavy atom. The average molecular weight is 487 g/mol. The Morgan fingerprint density at radius 1 is 1.18 bits per heavy atom. The van der Waals surface area contributed by atoms with Crippen LogP contribution in [0.5, 0.6) is 5.75 Å². The maximum absolute atomic E-state index is 13.6. The molecule has 0 spiro atoms. The number of carbonyl (C=O) groups is 1. The molecule has 1 fully saturated rings. The summed E-state index contributed by atoms with van der Waals surface area (Å²) in [7, 11) is -2.11. The molecule has 1 heterocycles. The van der Waals surface area contributed by atoms with Crippen LogP contribution in [0.2, 0.25) is 0 Å². The topological polar surface area (TPSA) is 87.2 Å². The van der Waals surface area contributed by atoms with Crippen LogP contribution in [-0.4, -0.2) is 67.5 Å². The fourth-order valence-electron chi connectivity index (χ4n) is 4.37. The van der Waals surface area contributed by atoms with E-state index in [0.29, 0.717) is 6.54 Å². The Labute approximate surface area is 202 Å². The molecule has 1 aliphatic heterocycles. The molecule has 1 N–H and O–H groups in total. The Balaban J connectivity index is 1.76. The van der Waals surface area contributed by atoms with Crippen LogP contribution in [-0.2, 0) is 14.8 Å². The number of hydrogen-bond acceptors (Lipinski definition) is 5. The van der Waals surface area contributed by atoms with Crippen molar-refractivity contribution in [1.82, 2.24) is 9.21 Å². The lowest BCUT2D eigenvalue weighted by atomic mass is 10.0. The summed E-state index contributed by atoms with van der Waals surface area (Å²) in [5, 5.41) is 9.79. The highest BCUT2D eigenvalue weighted by Gasteiger charge is 2.39. The zero-order chi connectivity index (χ0) is 24.6. The first kappa shape index (κ1) is 24.7. The van der Waals surface area contributed by atoms with Crippen molar-refractivity contribution >= 4 is 15.9 Å². The van der Waals surface area contributed by atoms with Gasteiger partial charge in [0.1, 0.15) is 16.7 Å². The Kier molecular flexibility index (Phi) is 7.03. The van der Waals surface area contributed by atoms with Gasteiger partial charge in [-0.25, -0.2) is 8.42 Å². The number of ether oxygens (including phenoxy) is 1. The normalized spacial score (nSPS) is 23.2. The molecular weight excluding hydrogens is 452 g/mol.